The monoisotopic (exact) mass is 277 g/mol. The van der Waals surface area contributed by atoms with Gasteiger partial charge in [-0.15, -0.1) is 0 Å². The third kappa shape index (κ3) is 4.51. The number of hydrogen-bond acceptors (Lipinski definition) is 2. The molecule has 0 aliphatic carbocycles. The Hall–Kier alpha value is -1.94. The molecule has 0 saturated carbocycles. The van der Waals surface area contributed by atoms with E-state index in [1.54, 1.807) is 5.32 Å². The maximum Gasteiger partial charge on any atom is 0.405 e. The zero-order valence-corrected chi connectivity index (χ0v) is 9.56. The van der Waals surface area contributed by atoms with Crippen molar-refractivity contribution in [3.05, 3.63) is 28.8 Å². The number of nitrogens with zero attached hydrogens (tertiary/aromatic N) is 1. The van der Waals surface area contributed by atoms with Gasteiger partial charge in [-0.3, -0.25) is 0 Å². The van der Waals surface area contributed by atoms with Crippen LogP contribution in [0, 0.1) is 11.3 Å². The van der Waals surface area contributed by atoms with Gasteiger partial charge >= 0.3 is 12.2 Å². The minimum atomic E-state index is -4.47. The molecule has 0 radical (unpaired) electrons. The average molecular weight is 278 g/mol. The number of urea groups is 1. The van der Waals surface area contributed by atoms with Crippen LogP contribution in [0.4, 0.5) is 23.7 Å². The molecule has 0 aliphatic rings. The van der Waals surface area contributed by atoms with E-state index in [0.29, 0.717) is 0 Å². The predicted molar refractivity (Wildman–Crippen MR) is 59.2 cm³/mol. The lowest BCUT2D eigenvalue weighted by atomic mass is 10.2. The molecule has 0 heterocycles. The number of carbonyl (C=O) groups is 1. The van der Waals surface area contributed by atoms with Gasteiger partial charge in [0.05, 0.1) is 10.6 Å². The number of amides is 2. The van der Waals surface area contributed by atoms with E-state index in [0.717, 1.165) is 0 Å². The first-order valence-corrected chi connectivity index (χ1v) is 5.01. The molecule has 96 valence electrons. The average Bonchev–Trinajstić information content (AvgIpc) is 2.26. The number of carbonyl (C=O) groups excluding carboxylic acids is 1. The summed E-state index contributed by atoms with van der Waals surface area (Å²) < 4.78 is 35.5. The van der Waals surface area contributed by atoms with Crippen LogP contribution in [0.15, 0.2) is 18.2 Å². The summed E-state index contributed by atoms with van der Waals surface area (Å²) in [6.45, 7) is -1.43. The highest BCUT2D eigenvalue weighted by atomic mass is 35.5. The molecule has 0 unspecified atom stereocenters. The molecule has 1 aromatic rings. The molecule has 0 aliphatic heterocycles. The van der Waals surface area contributed by atoms with Crippen molar-refractivity contribution < 1.29 is 18.0 Å². The summed E-state index contributed by atoms with van der Waals surface area (Å²) in [5.41, 5.74) is 0.400. The molecular weight excluding hydrogens is 271 g/mol. The van der Waals surface area contributed by atoms with E-state index in [2.05, 4.69) is 5.32 Å². The fourth-order valence-corrected chi connectivity index (χ4v) is 1.26. The second-order valence-electron chi connectivity index (χ2n) is 3.23. The van der Waals surface area contributed by atoms with Gasteiger partial charge in [-0.25, -0.2) is 4.79 Å². The molecule has 0 bridgehead atoms. The molecule has 2 N–H and O–H groups in total. The van der Waals surface area contributed by atoms with Crippen LogP contribution in [-0.2, 0) is 0 Å². The molecule has 1 rings (SSSR count). The van der Waals surface area contributed by atoms with Gasteiger partial charge in [0, 0.05) is 5.69 Å². The van der Waals surface area contributed by atoms with Crippen molar-refractivity contribution in [2.24, 2.45) is 0 Å². The lowest BCUT2D eigenvalue weighted by Gasteiger charge is -2.10. The van der Waals surface area contributed by atoms with E-state index in [1.165, 1.54) is 18.2 Å². The van der Waals surface area contributed by atoms with Crippen molar-refractivity contribution in [2.45, 2.75) is 6.18 Å². The molecule has 0 atom stereocenters. The Bertz CT molecular complexity index is 496. The number of rotatable bonds is 2. The smallest absolute Gasteiger partial charge is 0.329 e. The second-order valence-corrected chi connectivity index (χ2v) is 3.64. The Morgan fingerprint density at radius 3 is 2.61 bits per heavy atom. The van der Waals surface area contributed by atoms with Gasteiger partial charge in [-0.1, -0.05) is 11.6 Å². The summed E-state index contributed by atoms with van der Waals surface area (Å²) in [4.78, 5) is 11.1. The van der Waals surface area contributed by atoms with Crippen molar-refractivity contribution in [3.63, 3.8) is 0 Å². The first-order valence-electron chi connectivity index (χ1n) is 4.63. The molecule has 1 aromatic carbocycles. The SMILES string of the molecule is N#Cc1ccc(NC(=O)NCC(F)(F)F)cc1Cl. The number of anilines is 1. The highest BCUT2D eigenvalue weighted by Gasteiger charge is 2.27. The molecule has 18 heavy (non-hydrogen) atoms. The highest BCUT2D eigenvalue weighted by Crippen LogP contribution is 2.20. The number of benzene rings is 1. The minimum Gasteiger partial charge on any atom is -0.329 e. The number of nitriles is 1. The minimum absolute atomic E-state index is 0.103. The van der Waals surface area contributed by atoms with Gasteiger partial charge < -0.3 is 10.6 Å². The van der Waals surface area contributed by atoms with Crippen LogP contribution in [0.5, 0.6) is 0 Å². The zero-order valence-electron chi connectivity index (χ0n) is 8.81. The fourth-order valence-electron chi connectivity index (χ4n) is 1.04. The summed E-state index contributed by atoms with van der Waals surface area (Å²) in [6, 6.07) is 4.78. The highest BCUT2D eigenvalue weighted by molar-refractivity contribution is 6.32. The van der Waals surface area contributed by atoms with Gasteiger partial charge in [0.25, 0.3) is 0 Å². The fraction of sp³-hybridized carbons (Fsp3) is 0.200. The predicted octanol–water partition coefficient (Wildman–Crippen LogP) is 2.90. The van der Waals surface area contributed by atoms with Crippen LogP contribution >= 0.6 is 11.6 Å². The summed E-state index contributed by atoms with van der Waals surface area (Å²) >= 11 is 5.69. The zero-order chi connectivity index (χ0) is 13.8. The van der Waals surface area contributed by atoms with Crippen molar-refractivity contribution in [3.8, 4) is 6.07 Å². The third-order valence-electron chi connectivity index (χ3n) is 1.80. The summed E-state index contributed by atoms with van der Waals surface area (Å²) in [5.74, 6) is 0. The Morgan fingerprint density at radius 2 is 2.11 bits per heavy atom. The lowest BCUT2D eigenvalue weighted by Crippen LogP contribution is -2.36. The van der Waals surface area contributed by atoms with Crippen LogP contribution < -0.4 is 10.6 Å². The van der Waals surface area contributed by atoms with E-state index in [4.69, 9.17) is 16.9 Å². The van der Waals surface area contributed by atoms with Crippen molar-refractivity contribution in [2.75, 3.05) is 11.9 Å². The molecule has 0 spiro atoms. The van der Waals surface area contributed by atoms with E-state index >= 15 is 0 Å². The summed E-state index contributed by atoms with van der Waals surface area (Å²) in [5, 5.41) is 12.5. The Morgan fingerprint density at radius 1 is 1.44 bits per heavy atom. The van der Waals surface area contributed by atoms with Gasteiger partial charge in [0.2, 0.25) is 0 Å². The van der Waals surface area contributed by atoms with Gasteiger partial charge in [-0.2, -0.15) is 18.4 Å². The van der Waals surface area contributed by atoms with Crippen molar-refractivity contribution in [1.82, 2.24) is 5.32 Å². The van der Waals surface area contributed by atoms with E-state index < -0.39 is 18.8 Å². The van der Waals surface area contributed by atoms with Crippen LogP contribution in [0.2, 0.25) is 5.02 Å². The maximum atomic E-state index is 11.8. The standard InChI is InChI=1S/C10H7ClF3N3O/c11-8-3-7(2-1-6(8)4-15)17-9(18)16-5-10(12,13)14/h1-3H,5H2,(H2,16,17,18). The quantitative estimate of drug-likeness (QED) is 0.873. The van der Waals surface area contributed by atoms with E-state index in [1.807, 2.05) is 6.07 Å². The van der Waals surface area contributed by atoms with Crippen LogP contribution in [0.3, 0.4) is 0 Å². The topological polar surface area (TPSA) is 64.9 Å². The van der Waals surface area contributed by atoms with Crippen molar-refractivity contribution in [1.29, 1.82) is 5.26 Å². The van der Waals surface area contributed by atoms with Crippen LogP contribution in [0.25, 0.3) is 0 Å². The van der Waals surface area contributed by atoms with Gasteiger partial charge in [0.1, 0.15) is 12.6 Å². The molecule has 0 aromatic heterocycles. The molecule has 0 fully saturated rings. The van der Waals surface area contributed by atoms with E-state index in [9.17, 15) is 18.0 Å². The lowest BCUT2D eigenvalue weighted by molar-refractivity contribution is -0.122. The second kappa shape index (κ2) is 5.60. The third-order valence-corrected chi connectivity index (χ3v) is 2.11. The number of hydrogen-bond donors (Lipinski definition) is 2. The molecular formula is C10H7ClF3N3O. The molecule has 4 nitrogen and oxygen atoms in total. The van der Waals surface area contributed by atoms with E-state index in [-0.39, 0.29) is 16.3 Å². The molecule has 2 amide bonds. The van der Waals surface area contributed by atoms with Gasteiger partial charge in [0.15, 0.2) is 0 Å². The first-order chi connectivity index (χ1) is 8.31. The largest absolute Gasteiger partial charge is 0.405 e. The van der Waals surface area contributed by atoms with Crippen LogP contribution in [-0.4, -0.2) is 18.8 Å². The molecule has 0 saturated heterocycles. The normalized spacial score (nSPS) is 10.6. The van der Waals surface area contributed by atoms with Crippen LogP contribution in [0.1, 0.15) is 5.56 Å². The number of nitrogens with one attached hydrogen (secondary N) is 2. The maximum absolute atomic E-state index is 11.8. The number of alkyl halides is 3. The Balaban J connectivity index is 2.61. The Kier molecular flexibility index (Phi) is 4.39. The van der Waals surface area contributed by atoms with Gasteiger partial charge in [-0.05, 0) is 18.2 Å². The first kappa shape index (κ1) is 14.1. The number of halogens is 4. The summed E-state index contributed by atoms with van der Waals surface area (Å²) in [7, 11) is 0. The summed E-state index contributed by atoms with van der Waals surface area (Å²) in [6.07, 6.45) is -4.47. The Labute approximate surface area is 105 Å². The van der Waals surface area contributed by atoms with Crippen molar-refractivity contribution >= 4 is 23.3 Å². The molecule has 8 heteroatoms.